The minimum atomic E-state index is 0.311. The van der Waals surface area contributed by atoms with Crippen molar-refractivity contribution in [2.75, 3.05) is 0 Å². The number of imidazole rings is 1. The van der Waals surface area contributed by atoms with Gasteiger partial charge in [-0.25, -0.2) is 4.98 Å². The smallest absolute Gasteiger partial charge is 0.139 e. The maximum absolute atomic E-state index is 8.68. The predicted molar refractivity (Wildman–Crippen MR) is 67.8 cm³/mol. The van der Waals surface area contributed by atoms with Gasteiger partial charge in [0.25, 0.3) is 0 Å². The van der Waals surface area contributed by atoms with Crippen LogP contribution in [-0.2, 0) is 6.42 Å². The van der Waals surface area contributed by atoms with Crippen LogP contribution in [-0.4, -0.2) is 9.97 Å². The number of hydrogen-bond donors (Lipinski definition) is 1. The molecule has 1 aromatic heterocycles. The average molecular weight is 246 g/mol. The van der Waals surface area contributed by atoms with E-state index in [2.05, 4.69) is 16.0 Å². The molecule has 17 heavy (non-hydrogen) atoms. The van der Waals surface area contributed by atoms with E-state index < -0.39 is 0 Å². The Balaban J connectivity index is 2.47. The van der Waals surface area contributed by atoms with Crippen LogP contribution in [0.4, 0.5) is 0 Å². The monoisotopic (exact) mass is 245 g/mol. The van der Waals surface area contributed by atoms with E-state index >= 15 is 0 Å². The van der Waals surface area contributed by atoms with Crippen molar-refractivity contribution < 1.29 is 0 Å². The summed E-state index contributed by atoms with van der Waals surface area (Å²) in [7, 11) is 0. The van der Waals surface area contributed by atoms with Gasteiger partial charge in [0, 0.05) is 11.3 Å². The summed E-state index contributed by atoms with van der Waals surface area (Å²) in [5, 5.41) is 9.35. The van der Waals surface area contributed by atoms with Gasteiger partial charge >= 0.3 is 0 Å². The lowest BCUT2D eigenvalue weighted by atomic mass is 10.1. The second-order valence-corrected chi connectivity index (χ2v) is 4.38. The molecule has 0 saturated heterocycles. The standard InChI is InChI=1S/C13H12ClN3/c1-8-3-4-10(11(14)7-8)13-16-9(2)12(17-13)5-6-15/h3-4,7H,5H2,1-2H3,(H,16,17). The zero-order chi connectivity index (χ0) is 12.4. The number of aromatic nitrogens is 2. The van der Waals surface area contributed by atoms with E-state index in [9.17, 15) is 0 Å². The highest BCUT2D eigenvalue weighted by Crippen LogP contribution is 2.27. The maximum Gasteiger partial charge on any atom is 0.139 e. The summed E-state index contributed by atoms with van der Waals surface area (Å²) in [6.45, 7) is 3.90. The van der Waals surface area contributed by atoms with E-state index in [0.29, 0.717) is 11.4 Å². The van der Waals surface area contributed by atoms with Gasteiger partial charge in [-0.15, -0.1) is 0 Å². The molecule has 0 aliphatic carbocycles. The van der Waals surface area contributed by atoms with Crippen LogP contribution in [0.1, 0.15) is 17.0 Å². The van der Waals surface area contributed by atoms with Crippen LogP contribution in [0.15, 0.2) is 18.2 Å². The van der Waals surface area contributed by atoms with Crippen molar-refractivity contribution in [1.29, 1.82) is 5.26 Å². The van der Waals surface area contributed by atoms with Crippen molar-refractivity contribution in [1.82, 2.24) is 9.97 Å². The zero-order valence-corrected chi connectivity index (χ0v) is 10.5. The first-order valence-electron chi connectivity index (χ1n) is 5.30. The molecule has 1 heterocycles. The Morgan fingerprint density at radius 3 is 2.82 bits per heavy atom. The van der Waals surface area contributed by atoms with E-state index in [0.717, 1.165) is 28.3 Å². The van der Waals surface area contributed by atoms with Crippen molar-refractivity contribution in [3.05, 3.63) is 40.2 Å². The molecule has 0 aliphatic rings. The Morgan fingerprint density at radius 1 is 1.41 bits per heavy atom. The number of H-pyrrole nitrogens is 1. The molecule has 0 radical (unpaired) electrons. The van der Waals surface area contributed by atoms with E-state index in [1.807, 2.05) is 32.0 Å². The molecule has 2 aromatic rings. The molecule has 2 rings (SSSR count). The van der Waals surface area contributed by atoms with Crippen LogP contribution in [0.25, 0.3) is 11.4 Å². The molecule has 1 aromatic carbocycles. The van der Waals surface area contributed by atoms with E-state index in [4.69, 9.17) is 16.9 Å². The number of benzene rings is 1. The fourth-order valence-corrected chi connectivity index (χ4v) is 2.01. The van der Waals surface area contributed by atoms with Crippen LogP contribution >= 0.6 is 11.6 Å². The van der Waals surface area contributed by atoms with Gasteiger partial charge in [-0.05, 0) is 31.5 Å². The molecular formula is C13H12ClN3. The minimum absolute atomic E-state index is 0.311. The quantitative estimate of drug-likeness (QED) is 0.882. The normalized spacial score (nSPS) is 10.2. The number of rotatable bonds is 2. The first-order valence-corrected chi connectivity index (χ1v) is 5.68. The van der Waals surface area contributed by atoms with Crippen molar-refractivity contribution >= 4 is 11.6 Å². The summed E-state index contributed by atoms with van der Waals surface area (Å²) >= 11 is 6.18. The molecule has 0 amide bonds. The number of nitrogens with one attached hydrogen (secondary N) is 1. The summed E-state index contributed by atoms with van der Waals surface area (Å²) in [4.78, 5) is 7.56. The van der Waals surface area contributed by atoms with Gasteiger partial charge in [0.15, 0.2) is 0 Å². The van der Waals surface area contributed by atoms with Gasteiger partial charge in [0.2, 0.25) is 0 Å². The first-order chi connectivity index (χ1) is 8.11. The fourth-order valence-electron chi connectivity index (χ4n) is 1.68. The number of aryl methyl sites for hydroxylation is 2. The molecule has 4 heteroatoms. The van der Waals surface area contributed by atoms with Crippen LogP contribution in [0.2, 0.25) is 5.02 Å². The number of hydrogen-bond acceptors (Lipinski definition) is 2. The second-order valence-electron chi connectivity index (χ2n) is 3.98. The third-order valence-corrected chi connectivity index (χ3v) is 2.92. The molecule has 86 valence electrons. The van der Waals surface area contributed by atoms with Crippen molar-refractivity contribution in [2.24, 2.45) is 0 Å². The van der Waals surface area contributed by atoms with Gasteiger partial charge in [-0.2, -0.15) is 5.26 Å². The highest BCUT2D eigenvalue weighted by Gasteiger charge is 2.10. The lowest BCUT2D eigenvalue weighted by Gasteiger charge is -2.01. The number of halogens is 1. The maximum atomic E-state index is 8.68. The summed E-state index contributed by atoms with van der Waals surface area (Å²) in [6, 6.07) is 7.93. The predicted octanol–water partition coefficient (Wildman–Crippen LogP) is 3.41. The van der Waals surface area contributed by atoms with Gasteiger partial charge in [-0.3, -0.25) is 0 Å². The topological polar surface area (TPSA) is 52.5 Å². The molecule has 0 fully saturated rings. The molecule has 3 nitrogen and oxygen atoms in total. The van der Waals surface area contributed by atoms with Gasteiger partial charge in [-0.1, -0.05) is 17.7 Å². The lowest BCUT2D eigenvalue weighted by Crippen LogP contribution is -1.85. The SMILES string of the molecule is Cc1ccc(-c2nc(CC#N)c(C)[nH]2)c(Cl)c1. The Kier molecular flexibility index (Phi) is 3.16. The minimum Gasteiger partial charge on any atom is -0.342 e. The Labute approximate surface area is 105 Å². The van der Waals surface area contributed by atoms with Crippen LogP contribution < -0.4 is 0 Å². The van der Waals surface area contributed by atoms with E-state index in [1.54, 1.807) is 0 Å². The summed E-state index contributed by atoms with van der Waals surface area (Å²) in [6.07, 6.45) is 0.311. The zero-order valence-electron chi connectivity index (χ0n) is 9.71. The van der Waals surface area contributed by atoms with Crippen LogP contribution in [0, 0.1) is 25.2 Å². The molecular weight excluding hydrogens is 234 g/mol. The Morgan fingerprint density at radius 2 is 2.18 bits per heavy atom. The average Bonchev–Trinajstić information content (AvgIpc) is 2.60. The summed E-state index contributed by atoms with van der Waals surface area (Å²) in [5.74, 6) is 0.720. The van der Waals surface area contributed by atoms with E-state index in [-0.39, 0.29) is 0 Å². The highest BCUT2D eigenvalue weighted by molar-refractivity contribution is 6.33. The second kappa shape index (κ2) is 4.60. The Bertz CT molecular complexity index is 593. The van der Waals surface area contributed by atoms with Gasteiger partial charge < -0.3 is 4.98 Å². The Hall–Kier alpha value is -1.79. The lowest BCUT2D eigenvalue weighted by molar-refractivity contribution is 1.12. The van der Waals surface area contributed by atoms with Crippen molar-refractivity contribution in [2.45, 2.75) is 20.3 Å². The van der Waals surface area contributed by atoms with Crippen molar-refractivity contribution in [3.63, 3.8) is 0 Å². The van der Waals surface area contributed by atoms with Crippen molar-refractivity contribution in [3.8, 4) is 17.5 Å². The van der Waals surface area contributed by atoms with Crippen LogP contribution in [0.3, 0.4) is 0 Å². The number of nitriles is 1. The van der Waals surface area contributed by atoms with Crippen LogP contribution in [0.5, 0.6) is 0 Å². The summed E-state index contributed by atoms with van der Waals surface area (Å²) in [5.41, 5.74) is 3.67. The molecule has 0 unspecified atom stereocenters. The first kappa shape index (κ1) is 11.7. The van der Waals surface area contributed by atoms with E-state index in [1.165, 1.54) is 0 Å². The highest BCUT2D eigenvalue weighted by atomic mass is 35.5. The molecule has 0 spiro atoms. The largest absolute Gasteiger partial charge is 0.342 e. The summed E-state index contributed by atoms with van der Waals surface area (Å²) < 4.78 is 0. The molecule has 1 N–H and O–H groups in total. The fraction of sp³-hybridized carbons (Fsp3) is 0.231. The third-order valence-electron chi connectivity index (χ3n) is 2.61. The number of aromatic amines is 1. The molecule has 0 aliphatic heterocycles. The molecule has 0 atom stereocenters. The van der Waals surface area contributed by atoms with Gasteiger partial charge in [0.1, 0.15) is 5.82 Å². The molecule has 0 saturated carbocycles. The van der Waals surface area contributed by atoms with Gasteiger partial charge in [0.05, 0.1) is 23.2 Å². The third kappa shape index (κ3) is 2.32. The molecule has 0 bridgehead atoms. The number of nitrogens with zero attached hydrogens (tertiary/aromatic N) is 2.